The van der Waals surface area contributed by atoms with E-state index in [1.165, 1.54) is 44.9 Å². The van der Waals surface area contributed by atoms with Crippen molar-refractivity contribution in [2.45, 2.75) is 125 Å². The van der Waals surface area contributed by atoms with Crippen LogP contribution in [0.25, 0.3) is 0 Å². The lowest BCUT2D eigenvalue weighted by Crippen LogP contribution is -2.72. The van der Waals surface area contributed by atoms with E-state index < -0.39 is 0 Å². The van der Waals surface area contributed by atoms with Crippen molar-refractivity contribution in [2.24, 2.45) is 50.7 Å². The van der Waals surface area contributed by atoms with Crippen molar-refractivity contribution in [3.05, 3.63) is 0 Å². The Bertz CT molecular complexity index is 851. The van der Waals surface area contributed by atoms with Gasteiger partial charge >= 0.3 is 0 Å². The van der Waals surface area contributed by atoms with Crippen LogP contribution in [0.2, 0.25) is 0 Å². The second-order valence-electron chi connectivity index (χ2n) is 15.0. The van der Waals surface area contributed by atoms with Gasteiger partial charge < -0.3 is 9.47 Å². The van der Waals surface area contributed by atoms with Crippen LogP contribution in [0, 0.1) is 50.7 Å². The normalized spacial score (nSPS) is 57.2. The summed E-state index contributed by atoms with van der Waals surface area (Å²) in [5.41, 5.74) is 1.05. The first-order valence-electron chi connectivity index (χ1n) is 14.2. The van der Waals surface area contributed by atoms with Crippen LogP contribution in [0.1, 0.15) is 113 Å². The summed E-state index contributed by atoms with van der Waals surface area (Å²) in [6.07, 6.45) is 12.4. The molecule has 1 spiro atoms. The topological polar surface area (TPSA) is 35.5 Å². The van der Waals surface area contributed by atoms with E-state index in [9.17, 15) is 4.79 Å². The van der Waals surface area contributed by atoms with E-state index in [4.69, 9.17) is 9.47 Å². The zero-order valence-corrected chi connectivity index (χ0v) is 22.4. The van der Waals surface area contributed by atoms with Crippen LogP contribution in [0.5, 0.6) is 0 Å². The van der Waals surface area contributed by atoms with Gasteiger partial charge in [-0.3, -0.25) is 4.79 Å². The van der Waals surface area contributed by atoms with Gasteiger partial charge in [-0.1, -0.05) is 48.5 Å². The molecule has 0 radical (unpaired) electrons. The molecule has 4 saturated carbocycles. The average molecular weight is 457 g/mol. The minimum atomic E-state index is -0.347. The van der Waals surface area contributed by atoms with Crippen LogP contribution in [0.15, 0.2) is 0 Å². The molecule has 0 N–H and O–H groups in total. The van der Waals surface area contributed by atoms with E-state index in [1.54, 1.807) is 0 Å². The molecule has 3 heteroatoms. The number of hydrogen-bond donors (Lipinski definition) is 0. The first-order chi connectivity index (χ1) is 15.3. The third-order valence-corrected chi connectivity index (χ3v) is 13.6. The molecule has 3 nitrogen and oxygen atoms in total. The summed E-state index contributed by atoms with van der Waals surface area (Å²) in [6.45, 7) is 17.9. The maximum Gasteiger partial charge on any atom is 0.170 e. The fourth-order valence-electron chi connectivity index (χ4n) is 11.2. The molecule has 7 rings (SSSR count). The number of ketones is 1. The van der Waals surface area contributed by atoms with Gasteiger partial charge in [0.15, 0.2) is 5.79 Å². The highest BCUT2D eigenvalue weighted by Gasteiger charge is 2.72. The van der Waals surface area contributed by atoms with Gasteiger partial charge in [-0.15, -0.1) is 0 Å². The summed E-state index contributed by atoms with van der Waals surface area (Å²) in [5, 5.41) is 0. The van der Waals surface area contributed by atoms with Crippen molar-refractivity contribution in [2.75, 3.05) is 6.61 Å². The Morgan fingerprint density at radius 1 is 0.818 bits per heavy atom. The Morgan fingerprint density at radius 2 is 1.55 bits per heavy atom. The van der Waals surface area contributed by atoms with Gasteiger partial charge in [-0.25, -0.2) is 0 Å². The molecule has 3 aliphatic heterocycles. The quantitative estimate of drug-likeness (QED) is 0.419. The summed E-state index contributed by atoms with van der Waals surface area (Å²) in [7, 11) is 0. The molecular formula is C30H48O3. The maximum atomic E-state index is 12.9. The third kappa shape index (κ3) is 2.58. The van der Waals surface area contributed by atoms with E-state index in [1.807, 2.05) is 0 Å². The smallest absolute Gasteiger partial charge is 0.170 e. The summed E-state index contributed by atoms with van der Waals surface area (Å²) in [5.74, 6) is 2.49. The summed E-state index contributed by atoms with van der Waals surface area (Å²) in [6, 6.07) is 0. The molecule has 3 saturated heterocycles. The molecule has 7 fully saturated rings. The Balaban J connectivity index is 1.37. The molecule has 0 unspecified atom stereocenters. The Hall–Kier alpha value is -0.410. The zero-order chi connectivity index (χ0) is 23.7. The van der Waals surface area contributed by atoms with Crippen molar-refractivity contribution < 1.29 is 14.3 Å². The molecule has 0 aromatic heterocycles. The van der Waals surface area contributed by atoms with E-state index >= 15 is 0 Å². The molecule has 2 bridgehead atoms. The van der Waals surface area contributed by atoms with Gasteiger partial charge in [0.05, 0.1) is 12.7 Å². The SMILES string of the molecule is CC(C)[C@]12CC[C@@]3(CC[C@]4(C)[C@H](CC[C@@H]5[C@@]6(C)CCC(=O)C(C)(C)[C@@H]6CC[C@]54C)[C@@H]3O1)CO2. The molecule has 3 heterocycles. The number of ether oxygens (including phenoxy) is 2. The maximum absolute atomic E-state index is 12.9. The predicted octanol–water partition coefficient (Wildman–Crippen LogP) is 7.17. The molecular weight excluding hydrogens is 408 g/mol. The van der Waals surface area contributed by atoms with Crippen molar-refractivity contribution in [3.63, 3.8) is 0 Å². The lowest BCUT2D eigenvalue weighted by Gasteiger charge is -2.74. The lowest BCUT2D eigenvalue weighted by atomic mass is 9.33. The Morgan fingerprint density at radius 3 is 2.21 bits per heavy atom. The van der Waals surface area contributed by atoms with Crippen LogP contribution in [-0.2, 0) is 14.3 Å². The number of carbonyl (C=O) groups is 1. The Labute approximate surface area is 202 Å². The summed E-state index contributed by atoms with van der Waals surface area (Å²) >= 11 is 0. The predicted molar refractivity (Wildman–Crippen MR) is 131 cm³/mol. The van der Waals surface area contributed by atoms with E-state index in [0.29, 0.717) is 45.9 Å². The Kier molecular flexibility index (Phi) is 4.65. The van der Waals surface area contributed by atoms with E-state index in [0.717, 1.165) is 31.8 Å². The molecule has 4 aliphatic carbocycles. The first kappa shape index (κ1) is 23.0. The highest BCUT2D eigenvalue weighted by Crippen LogP contribution is 2.76. The third-order valence-electron chi connectivity index (χ3n) is 13.6. The molecule has 0 amide bonds. The van der Waals surface area contributed by atoms with E-state index in [-0.39, 0.29) is 16.6 Å². The van der Waals surface area contributed by atoms with Gasteiger partial charge in [-0.05, 0) is 85.4 Å². The van der Waals surface area contributed by atoms with Gasteiger partial charge in [0.2, 0.25) is 0 Å². The average Bonchev–Trinajstić information content (AvgIpc) is 2.77. The zero-order valence-electron chi connectivity index (χ0n) is 22.4. The number of carbonyl (C=O) groups excluding carboxylic acids is 1. The summed E-state index contributed by atoms with van der Waals surface area (Å²) in [4.78, 5) is 12.9. The summed E-state index contributed by atoms with van der Waals surface area (Å²) < 4.78 is 13.6. The molecule has 186 valence electrons. The fourth-order valence-corrected chi connectivity index (χ4v) is 11.2. The monoisotopic (exact) mass is 456 g/mol. The molecule has 9 atom stereocenters. The van der Waals surface area contributed by atoms with E-state index in [2.05, 4.69) is 48.5 Å². The van der Waals surface area contributed by atoms with Gasteiger partial charge in [-0.2, -0.15) is 0 Å². The van der Waals surface area contributed by atoms with Gasteiger partial charge in [0.1, 0.15) is 5.78 Å². The first-order valence-corrected chi connectivity index (χ1v) is 14.2. The van der Waals surface area contributed by atoms with Crippen LogP contribution in [0.4, 0.5) is 0 Å². The number of fused-ring (bicyclic) bond motifs is 7. The van der Waals surface area contributed by atoms with Gasteiger partial charge in [0.25, 0.3) is 0 Å². The molecule has 0 aromatic rings. The highest BCUT2D eigenvalue weighted by molar-refractivity contribution is 5.85. The lowest BCUT2D eigenvalue weighted by molar-refractivity contribution is -0.416. The highest BCUT2D eigenvalue weighted by atomic mass is 16.7. The fraction of sp³-hybridized carbons (Fsp3) is 0.967. The van der Waals surface area contributed by atoms with Crippen molar-refractivity contribution in [3.8, 4) is 0 Å². The minimum Gasteiger partial charge on any atom is -0.349 e. The number of Topliss-reactive ketones (excluding diaryl/α,β-unsaturated/α-hetero) is 1. The van der Waals surface area contributed by atoms with Crippen molar-refractivity contribution >= 4 is 5.78 Å². The van der Waals surface area contributed by atoms with Crippen LogP contribution in [0.3, 0.4) is 0 Å². The van der Waals surface area contributed by atoms with Crippen molar-refractivity contribution in [1.29, 1.82) is 0 Å². The molecule has 0 aromatic carbocycles. The van der Waals surface area contributed by atoms with Crippen LogP contribution in [-0.4, -0.2) is 24.3 Å². The largest absolute Gasteiger partial charge is 0.349 e. The second-order valence-corrected chi connectivity index (χ2v) is 15.0. The minimum absolute atomic E-state index is 0.157. The van der Waals surface area contributed by atoms with Crippen LogP contribution < -0.4 is 0 Å². The van der Waals surface area contributed by atoms with Gasteiger partial charge in [0, 0.05) is 29.6 Å². The number of rotatable bonds is 1. The molecule has 33 heavy (non-hydrogen) atoms. The van der Waals surface area contributed by atoms with Crippen molar-refractivity contribution in [1.82, 2.24) is 0 Å². The van der Waals surface area contributed by atoms with Crippen LogP contribution >= 0.6 is 0 Å². The standard InChI is InChI=1S/C30H48O3/c1-19(2)30-17-16-29(18-32-30)15-14-27(6)20(24(29)33-30)8-9-22-26(5)12-11-23(31)25(3,4)21(26)10-13-28(22,27)7/h19-22,24H,8-18H2,1-7H3/t20-,21+,22-,24+,26+,27-,28-,29+,30+/m1/s1. The molecule has 7 aliphatic rings. The second kappa shape index (κ2) is 6.67. The number of hydrogen-bond acceptors (Lipinski definition) is 3.